The van der Waals surface area contributed by atoms with Crippen LogP contribution in [0.1, 0.15) is 69.0 Å². The summed E-state index contributed by atoms with van der Waals surface area (Å²) in [5.41, 5.74) is 21.0. The molecule has 35 heavy (non-hydrogen) atoms. The van der Waals surface area contributed by atoms with E-state index in [9.17, 15) is 0 Å². The van der Waals surface area contributed by atoms with Gasteiger partial charge in [0.15, 0.2) is 0 Å². The number of aryl methyl sites for hydroxylation is 6. The van der Waals surface area contributed by atoms with E-state index < -0.39 is 0 Å². The van der Waals surface area contributed by atoms with E-state index >= 15 is 0 Å². The van der Waals surface area contributed by atoms with Crippen molar-refractivity contribution in [2.45, 2.75) is 75.2 Å². The lowest BCUT2D eigenvalue weighted by Crippen LogP contribution is -2.06. The maximum atomic E-state index is 2.48. The highest BCUT2D eigenvalue weighted by Gasteiger charge is 2.24. The molecule has 0 spiro atoms. The van der Waals surface area contributed by atoms with Gasteiger partial charge in [-0.15, -0.1) is 0 Å². The zero-order valence-electron chi connectivity index (χ0n) is 23.0. The Labute approximate surface area is 211 Å². The van der Waals surface area contributed by atoms with Crippen LogP contribution in [0.5, 0.6) is 0 Å². The number of benzene rings is 4. The largest absolute Gasteiger partial charge is 0.0724 e. The zero-order valence-corrected chi connectivity index (χ0v) is 23.0. The molecule has 0 saturated carbocycles. The third-order valence-electron chi connectivity index (χ3n) is 8.66. The van der Waals surface area contributed by atoms with Crippen LogP contribution >= 0.6 is 0 Å². The van der Waals surface area contributed by atoms with Gasteiger partial charge in [-0.05, 0) is 164 Å². The van der Waals surface area contributed by atoms with Crippen LogP contribution in [-0.4, -0.2) is 0 Å². The smallest absolute Gasteiger partial charge is 0.00293 e. The van der Waals surface area contributed by atoms with Crippen LogP contribution in [0.4, 0.5) is 0 Å². The quantitative estimate of drug-likeness (QED) is 0.280. The van der Waals surface area contributed by atoms with Crippen molar-refractivity contribution >= 4 is 16.8 Å². The summed E-state index contributed by atoms with van der Waals surface area (Å²) in [4.78, 5) is 0. The van der Waals surface area contributed by atoms with Gasteiger partial charge in [-0.2, -0.15) is 0 Å². The summed E-state index contributed by atoms with van der Waals surface area (Å²) in [6.45, 7) is 20.3. The van der Waals surface area contributed by atoms with E-state index in [0.29, 0.717) is 0 Å². The van der Waals surface area contributed by atoms with Crippen molar-refractivity contribution in [3.63, 3.8) is 0 Å². The Morgan fingerprint density at radius 1 is 0.457 bits per heavy atom. The first-order valence-corrected chi connectivity index (χ1v) is 13.0. The molecule has 1 aliphatic rings. The second-order valence-electron chi connectivity index (χ2n) is 11.1. The lowest BCUT2D eigenvalue weighted by molar-refractivity contribution is 0.932. The van der Waals surface area contributed by atoms with Crippen molar-refractivity contribution < 1.29 is 0 Å². The van der Waals surface area contributed by atoms with E-state index in [1.54, 1.807) is 0 Å². The molecule has 0 unspecified atom stereocenters. The van der Waals surface area contributed by atoms with E-state index in [2.05, 4.69) is 105 Å². The molecule has 0 saturated heterocycles. The fourth-order valence-electron chi connectivity index (χ4n) is 5.88. The molecule has 1 aliphatic carbocycles. The molecule has 0 fully saturated rings. The van der Waals surface area contributed by atoms with Crippen molar-refractivity contribution in [2.24, 2.45) is 0 Å². The fraction of sp³-hybridized carbons (Fsp3) is 0.314. The first-order valence-electron chi connectivity index (χ1n) is 13.0. The van der Waals surface area contributed by atoms with Crippen LogP contribution in [0.3, 0.4) is 0 Å². The second-order valence-corrected chi connectivity index (χ2v) is 11.1. The van der Waals surface area contributed by atoms with Crippen LogP contribution in [-0.2, 0) is 6.42 Å². The molecule has 178 valence electrons. The van der Waals surface area contributed by atoms with Crippen molar-refractivity contribution in [2.75, 3.05) is 0 Å². The van der Waals surface area contributed by atoms with Crippen LogP contribution < -0.4 is 0 Å². The van der Waals surface area contributed by atoms with E-state index in [1.807, 2.05) is 0 Å². The summed E-state index contributed by atoms with van der Waals surface area (Å²) < 4.78 is 0. The van der Waals surface area contributed by atoms with Crippen LogP contribution in [0.25, 0.3) is 39.1 Å². The summed E-state index contributed by atoms with van der Waals surface area (Å²) in [6.07, 6.45) is 4.70. The average Bonchev–Trinajstić information content (AvgIpc) is 2.80. The van der Waals surface area contributed by atoms with E-state index in [0.717, 1.165) is 12.8 Å². The molecule has 0 N–H and O–H groups in total. The summed E-state index contributed by atoms with van der Waals surface area (Å²) in [6, 6.07) is 14.5. The monoisotopic (exact) mass is 458 g/mol. The molecule has 0 aromatic heterocycles. The Hall–Kier alpha value is -3.12. The maximum Gasteiger partial charge on any atom is -0.00293 e. The van der Waals surface area contributed by atoms with Crippen LogP contribution in [0, 0.1) is 55.4 Å². The first-order chi connectivity index (χ1) is 16.6. The Bertz CT molecular complexity index is 1510. The van der Waals surface area contributed by atoms with Gasteiger partial charge < -0.3 is 0 Å². The van der Waals surface area contributed by atoms with Gasteiger partial charge >= 0.3 is 0 Å². The van der Waals surface area contributed by atoms with Crippen LogP contribution in [0.2, 0.25) is 0 Å². The Kier molecular flexibility index (Phi) is 5.75. The molecule has 4 aromatic rings. The van der Waals surface area contributed by atoms with Gasteiger partial charge in [0.2, 0.25) is 0 Å². The minimum Gasteiger partial charge on any atom is -0.0724 e. The zero-order chi connectivity index (χ0) is 25.2. The van der Waals surface area contributed by atoms with Crippen molar-refractivity contribution in [3.8, 4) is 22.3 Å². The van der Waals surface area contributed by atoms with E-state index in [1.165, 1.54) is 94.2 Å². The lowest BCUT2D eigenvalue weighted by Gasteiger charge is -2.27. The maximum absolute atomic E-state index is 2.48. The third-order valence-corrected chi connectivity index (χ3v) is 8.66. The van der Waals surface area contributed by atoms with Gasteiger partial charge in [0.1, 0.15) is 0 Å². The Balaban J connectivity index is 2.00. The molecule has 0 atom stereocenters. The highest BCUT2D eigenvalue weighted by atomic mass is 14.3. The number of hydrogen-bond acceptors (Lipinski definition) is 0. The molecule has 0 aliphatic heterocycles. The van der Waals surface area contributed by atoms with Gasteiger partial charge in [0.05, 0.1) is 0 Å². The molecular formula is C35H38. The van der Waals surface area contributed by atoms with Crippen LogP contribution in [0.15, 0.2) is 42.0 Å². The van der Waals surface area contributed by atoms with E-state index in [-0.39, 0.29) is 0 Å². The highest BCUT2D eigenvalue weighted by Crippen LogP contribution is 2.47. The minimum absolute atomic E-state index is 1.10. The number of allylic oxidation sites excluding steroid dienone is 1. The average molecular weight is 459 g/mol. The van der Waals surface area contributed by atoms with Gasteiger partial charge in [-0.1, -0.05) is 48.0 Å². The summed E-state index contributed by atoms with van der Waals surface area (Å²) in [7, 11) is 0. The Morgan fingerprint density at radius 2 is 0.886 bits per heavy atom. The number of rotatable bonds is 2. The van der Waals surface area contributed by atoms with Gasteiger partial charge in [-0.3, -0.25) is 0 Å². The molecule has 5 rings (SSSR count). The summed E-state index contributed by atoms with van der Waals surface area (Å²) in [5.74, 6) is 0. The molecule has 0 heterocycles. The van der Waals surface area contributed by atoms with Crippen molar-refractivity contribution in [1.82, 2.24) is 0 Å². The first kappa shape index (κ1) is 23.6. The second kappa shape index (κ2) is 8.52. The molecule has 4 aromatic carbocycles. The standard InChI is InChI=1S/C35H38/c1-19-10-11-30-31(12-19)35(29-15-24(6)27(9)25(7)16-29)33-18-21(3)20(2)17-32(33)34(30)28-13-22(4)26(8)23(5)14-28/h12-18H,10-11H2,1-9H3. The fourth-order valence-corrected chi connectivity index (χ4v) is 5.88. The summed E-state index contributed by atoms with van der Waals surface area (Å²) in [5, 5.41) is 2.78. The van der Waals surface area contributed by atoms with E-state index in [4.69, 9.17) is 0 Å². The lowest BCUT2D eigenvalue weighted by atomic mass is 9.77. The van der Waals surface area contributed by atoms with Crippen molar-refractivity contribution in [3.05, 3.63) is 97.6 Å². The SMILES string of the molecule is CC1=Cc2c(c(-c3cc(C)c(C)c(C)c3)c3cc(C)c(C)cc3c2-c2cc(C)c(C)c(C)c2)CC1. The number of fused-ring (bicyclic) bond motifs is 2. The normalized spacial score (nSPS) is 13.2. The molecule has 0 bridgehead atoms. The number of hydrogen-bond donors (Lipinski definition) is 0. The predicted molar refractivity (Wildman–Crippen MR) is 155 cm³/mol. The van der Waals surface area contributed by atoms with Gasteiger partial charge in [0, 0.05) is 0 Å². The van der Waals surface area contributed by atoms with Gasteiger partial charge in [0.25, 0.3) is 0 Å². The minimum atomic E-state index is 1.10. The molecule has 0 radical (unpaired) electrons. The molecule has 0 amide bonds. The highest BCUT2D eigenvalue weighted by molar-refractivity contribution is 6.11. The molecule has 0 heteroatoms. The third kappa shape index (κ3) is 3.84. The summed E-state index contributed by atoms with van der Waals surface area (Å²) >= 11 is 0. The Morgan fingerprint density at radius 3 is 1.37 bits per heavy atom. The van der Waals surface area contributed by atoms with Gasteiger partial charge in [-0.25, -0.2) is 0 Å². The molecular weight excluding hydrogens is 420 g/mol. The van der Waals surface area contributed by atoms with Crippen molar-refractivity contribution in [1.29, 1.82) is 0 Å². The predicted octanol–water partition coefficient (Wildman–Crippen LogP) is 9.99. The molecule has 0 nitrogen and oxygen atoms in total. The topological polar surface area (TPSA) is 0 Å².